The number of nitrogens with two attached hydrogens (primary N) is 2. The van der Waals surface area contributed by atoms with Crippen molar-refractivity contribution in [3.05, 3.63) is 30.4 Å². The molecule has 108 valence electrons. The minimum Gasteiger partial charge on any atom is -0.397 e. The molecule has 9 heteroatoms. The fourth-order valence-electron chi connectivity index (χ4n) is 1.69. The highest BCUT2D eigenvalue weighted by atomic mass is 32.2. The Morgan fingerprint density at radius 1 is 1.40 bits per heavy atom. The average Bonchev–Trinajstić information content (AvgIpc) is 2.76. The molecular formula is C11H16N6O2S. The summed E-state index contributed by atoms with van der Waals surface area (Å²) in [6.45, 7) is 0.586. The summed E-state index contributed by atoms with van der Waals surface area (Å²) in [6, 6.07) is 4.32. The normalized spacial score (nSPS) is 11.5. The van der Waals surface area contributed by atoms with Crippen LogP contribution in [0.4, 0.5) is 11.4 Å². The second-order valence-electron chi connectivity index (χ2n) is 4.31. The van der Waals surface area contributed by atoms with Crippen molar-refractivity contribution in [2.24, 2.45) is 12.2 Å². The summed E-state index contributed by atoms with van der Waals surface area (Å²) in [5.41, 5.74) is 6.75. The van der Waals surface area contributed by atoms with Gasteiger partial charge in [0.2, 0.25) is 10.0 Å². The number of aromatic nitrogens is 3. The molecule has 2 aromatic rings. The van der Waals surface area contributed by atoms with Crippen LogP contribution >= 0.6 is 0 Å². The molecule has 0 saturated heterocycles. The molecule has 0 bridgehead atoms. The standard InChI is InChI=1S/C11H16N6O2S/c1-17-7-15-11(16-17)4-5-14-10-3-2-8(6-9(10)12)20(13,18)19/h2-3,6-7,14H,4-5,12H2,1H3,(H2,13,18,19). The lowest BCUT2D eigenvalue weighted by molar-refractivity contribution is 0.598. The predicted octanol–water partition coefficient (Wildman–Crippen LogP) is -0.301. The minimum absolute atomic E-state index is 0.00746. The number of hydrogen-bond donors (Lipinski definition) is 3. The van der Waals surface area contributed by atoms with E-state index in [1.807, 2.05) is 0 Å². The van der Waals surface area contributed by atoms with Crippen LogP contribution in [0, 0.1) is 0 Å². The fraction of sp³-hybridized carbons (Fsp3) is 0.273. The minimum atomic E-state index is -3.73. The number of hydrogen-bond acceptors (Lipinski definition) is 6. The number of nitrogens with zero attached hydrogens (tertiary/aromatic N) is 3. The molecule has 0 aliphatic heterocycles. The van der Waals surface area contributed by atoms with Gasteiger partial charge in [-0.2, -0.15) is 5.10 Å². The third kappa shape index (κ3) is 3.45. The first-order chi connectivity index (χ1) is 9.36. The van der Waals surface area contributed by atoms with Gasteiger partial charge in [-0.15, -0.1) is 0 Å². The fourth-order valence-corrected chi connectivity index (χ4v) is 2.24. The molecule has 1 heterocycles. The van der Waals surface area contributed by atoms with Gasteiger partial charge in [0.05, 0.1) is 16.3 Å². The number of sulfonamides is 1. The van der Waals surface area contributed by atoms with E-state index in [9.17, 15) is 8.42 Å². The van der Waals surface area contributed by atoms with Crippen LogP contribution in [0.1, 0.15) is 5.82 Å². The molecule has 0 saturated carbocycles. The summed E-state index contributed by atoms with van der Waals surface area (Å²) < 4.78 is 24.0. The lowest BCUT2D eigenvalue weighted by atomic mass is 10.2. The van der Waals surface area contributed by atoms with Gasteiger partial charge in [-0.3, -0.25) is 4.68 Å². The lowest BCUT2D eigenvalue weighted by Crippen LogP contribution is -2.13. The van der Waals surface area contributed by atoms with Crippen molar-refractivity contribution in [3.8, 4) is 0 Å². The maximum Gasteiger partial charge on any atom is 0.238 e. The van der Waals surface area contributed by atoms with E-state index in [1.165, 1.54) is 12.1 Å². The Kier molecular flexibility index (Phi) is 3.91. The Hall–Kier alpha value is -2.13. The van der Waals surface area contributed by atoms with Crippen LogP contribution in [-0.2, 0) is 23.5 Å². The van der Waals surface area contributed by atoms with Gasteiger partial charge < -0.3 is 11.1 Å². The van der Waals surface area contributed by atoms with Crippen LogP contribution in [0.5, 0.6) is 0 Å². The van der Waals surface area contributed by atoms with E-state index >= 15 is 0 Å². The van der Waals surface area contributed by atoms with E-state index in [-0.39, 0.29) is 4.90 Å². The first-order valence-corrected chi connectivity index (χ1v) is 7.41. The van der Waals surface area contributed by atoms with Crippen molar-refractivity contribution in [1.29, 1.82) is 0 Å². The summed E-state index contributed by atoms with van der Waals surface area (Å²) in [7, 11) is -1.93. The molecule has 1 aromatic carbocycles. The first-order valence-electron chi connectivity index (χ1n) is 5.87. The predicted molar refractivity (Wildman–Crippen MR) is 75.4 cm³/mol. The average molecular weight is 296 g/mol. The van der Waals surface area contributed by atoms with Crippen LogP contribution < -0.4 is 16.2 Å². The first kappa shape index (κ1) is 14.3. The summed E-state index contributed by atoms with van der Waals surface area (Å²) in [5.74, 6) is 0.722. The zero-order valence-corrected chi connectivity index (χ0v) is 11.8. The third-order valence-electron chi connectivity index (χ3n) is 2.66. The summed E-state index contributed by atoms with van der Waals surface area (Å²) in [6.07, 6.45) is 2.27. The van der Waals surface area contributed by atoms with E-state index in [0.717, 1.165) is 5.82 Å². The van der Waals surface area contributed by atoms with Gasteiger partial charge in [-0.25, -0.2) is 18.5 Å². The van der Waals surface area contributed by atoms with E-state index in [2.05, 4.69) is 15.4 Å². The zero-order chi connectivity index (χ0) is 14.8. The number of rotatable bonds is 5. The van der Waals surface area contributed by atoms with Crippen LogP contribution in [0.25, 0.3) is 0 Å². The Balaban J connectivity index is 2.00. The van der Waals surface area contributed by atoms with E-state index in [0.29, 0.717) is 24.3 Å². The SMILES string of the molecule is Cn1cnc(CCNc2ccc(S(N)(=O)=O)cc2N)n1. The van der Waals surface area contributed by atoms with Crippen molar-refractivity contribution in [2.75, 3.05) is 17.6 Å². The summed E-state index contributed by atoms with van der Waals surface area (Å²) >= 11 is 0. The highest BCUT2D eigenvalue weighted by Gasteiger charge is 2.09. The molecule has 0 fully saturated rings. The smallest absolute Gasteiger partial charge is 0.238 e. The van der Waals surface area contributed by atoms with Gasteiger partial charge in [0.15, 0.2) is 5.82 Å². The Morgan fingerprint density at radius 3 is 2.70 bits per heavy atom. The van der Waals surface area contributed by atoms with Crippen LogP contribution in [0.2, 0.25) is 0 Å². The quantitative estimate of drug-likeness (QED) is 0.650. The molecule has 20 heavy (non-hydrogen) atoms. The van der Waals surface area contributed by atoms with Crippen LogP contribution in [-0.4, -0.2) is 29.7 Å². The number of primary sulfonamides is 1. The Morgan fingerprint density at radius 2 is 2.15 bits per heavy atom. The maximum absolute atomic E-state index is 11.2. The van der Waals surface area contributed by atoms with Gasteiger partial charge in [-0.1, -0.05) is 0 Å². The molecule has 0 amide bonds. The number of nitrogens with one attached hydrogen (secondary N) is 1. The molecule has 2 rings (SSSR count). The molecule has 0 atom stereocenters. The van der Waals surface area contributed by atoms with Gasteiger partial charge in [0, 0.05) is 20.0 Å². The van der Waals surface area contributed by atoms with Crippen molar-refractivity contribution < 1.29 is 8.42 Å². The second kappa shape index (κ2) is 5.47. The van der Waals surface area contributed by atoms with E-state index in [4.69, 9.17) is 10.9 Å². The molecule has 0 aliphatic carbocycles. The number of anilines is 2. The lowest BCUT2D eigenvalue weighted by Gasteiger charge is -2.09. The monoisotopic (exact) mass is 296 g/mol. The molecule has 8 nitrogen and oxygen atoms in total. The summed E-state index contributed by atoms with van der Waals surface area (Å²) in [5, 5.41) is 12.3. The van der Waals surface area contributed by atoms with Gasteiger partial charge >= 0.3 is 0 Å². The van der Waals surface area contributed by atoms with Crippen LogP contribution in [0.3, 0.4) is 0 Å². The van der Waals surface area contributed by atoms with Crippen molar-refractivity contribution >= 4 is 21.4 Å². The van der Waals surface area contributed by atoms with Crippen molar-refractivity contribution in [1.82, 2.24) is 14.8 Å². The van der Waals surface area contributed by atoms with Gasteiger partial charge in [-0.05, 0) is 18.2 Å². The maximum atomic E-state index is 11.2. The molecule has 1 aromatic heterocycles. The molecule has 0 radical (unpaired) electrons. The van der Waals surface area contributed by atoms with Crippen molar-refractivity contribution in [3.63, 3.8) is 0 Å². The highest BCUT2D eigenvalue weighted by Crippen LogP contribution is 2.21. The Bertz CT molecular complexity index is 709. The number of aryl methyl sites for hydroxylation is 1. The number of nitrogen functional groups attached to an aromatic ring is 1. The second-order valence-corrected chi connectivity index (χ2v) is 5.87. The largest absolute Gasteiger partial charge is 0.397 e. The van der Waals surface area contributed by atoms with Crippen LogP contribution in [0.15, 0.2) is 29.4 Å². The molecule has 0 unspecified atom stereocenters. The Labute approximate surface area is 116 Å². The van der Waals surface area contributed by atoms with E-state index < -0.39 is 10.0 Å². The highest BCUT2D eigenvalue weighted by molar-refractivity contribution is 7.89. The van der Waals surface area contributed by atoms with Crippen molar-refractivity contribution in [2.45, 2.75) is 11.3 Å². The molecule has 0 spiro atoms. The molecular weight excluding hydrogens is 280 g/mol. The number of benzene rings is 1. The summed E-state index contributed by atoms with van der Waals surface area (Å²) in [4.78, 5) is 4.09. The molecule has 0 aliphatic rings. The van der Waals surface area contributed by atoms with Gasteiger partial charge in [0.1, 0.15) is 6.33 Å². The third-order valence-corrected chi connectivity index (χ3v) is 3.57. The van der Waals surface area contributed by atoms with E-state index in [1.54, 1.807) is 24.1 Å². The topological polar surface area (TPSA) is 129 Å². The molecule has 5 N–H and O–H groups in total. The zero-order valence-electron chi connectivity index (χ0n) is 10.9. The van der Waals surface area contributed by atoms with Gasteiger partial charge in [0.25, 0.3) is 0 Å².